The van der Waals surface area contributed by atoms with Crippen molar-refractivity contribution < 1.29 is 17.6 Å². The molecule has 0 aliphatic carbocycles. The van der Waals surface area contributed by atoms with Crippen molar-refractivity contribution in [3.05, 3.63) is 30.0 Å². The van der Waals surface area contributed by atoms with Gasteiger partial charge in [0.25, 0.3) is 5.91 Å². The van der Waals surface area contributed by atoms with Crippen LogP contribution < -0.4 is 0 Å². The molecule has 1 aromatic heterocycles. The second-order valence-corrected chi connectivity index (χ2v) is 9.97. The molecule has 0 unspecified atom stereocenters. The van der Waals surface area contributed by atoms with Crippen LogP contribution in [0.3, 0.4) is 0 Å². The fraction of sp³-hybridized carbons (Fsp3) is 0.571. The first-order valence-electron chi connectivity index (χ1n) is 10.1. The van der Waals surface area contributed by atoms with Crippen LogP contribution >= 0.6 is 0 Å². The van der Waals surface area contributed by atoms with E-state index in [1.807, 2.05) is 27.7 Å². The first-order chi connectivity index (χ1) is 13.2. The highest BCUT2D eigenvalue weighted by atomic mass is 32.2. The maximum Gasteiger partial charge on any atom is 0.290 e. The molecule has 0 N–H and O–H groups in total. The molecule has 154 valence electrons. The van der Waals surface area contributed by atoms with Crippen molar-refractivity contribution in [1.29, 1.82) is 0 Å². The van der Waals surface area contributed by atoms with E-state index in [1.165, 1.54) is 0 Å². The largest absolute Gasteiger partial charge is 0.451 e. The van der Waals surface area contributed by atoms with Crippen molar-refractivity contribution in [2.24, 2.45) is 0 Å². The Bertz CT molecular complexity index is 930. The minimum atomic E-state index is -3.53. The molecule has 0 bridgehead atoms. The third kappa shape index (κ3) is 4.10. The zero-order valence-corrected chi connectivity index (χ0v) is 18.0. The molecular weight excluding hydrogens is 376 g/mol. The van der Waals surface area contributed by atoms with Gasteiger partial charge in [-0.1, -0.05) is 12.8 Å². The number of carbonyl (C=O) groups is 1. The number of rotatable bonds is 5. The molecule has 1 fully saturated rings. The fourth-order valence-corrected chi connectivity index (χ4v) is 5.46. The van der Waals surface area contributed by atoms with Crippen LogP contribution in [0.5, 0.6) is 0 Å². The molecule has 0 radical (unpaired) electrons. The van der Waals surface area contributed by atoms with Crippen LogP contribution in [-0.2, 0) is 10.0 Å². The Labute approximate surface area is 167 Å². The quantitative estimate of drug-likeness (QED) is 0.744. The molecule has 1 aliphatic rings. The summed E-state index contributed by atoms with van der Waals surface area (Å²) in [6, 6.07) is 6.57. The molecule has 7 heteroatoms. The number of hydrogen-bond acceptors (Lipinski definition) is 4. The Morgan fingerprint density at radius 3 is 2.18 bits per heavy atom. The summed E-state index contributed by atoms with van der Waals surface area (Å²) in [5.41, 5.74) is 0.519. The Kier molecular flexibility index (Phi) is 6.15. The third-order valence-corrected chi connectivity index (χ3v) is 7.14. The first-order valence-corrected chi connectivity index (χ1v) is 11.5. The average Bonchev–Trinajstić information content (AvgIpc) is 2.85. The molecule has 0 saturated carbocycles. The summed E-state index contributed by atoms with van der Waals surface area (Å²) in [5.74, 6) is 0.0554. The van der Waals surface area contributed by atoms with Crippen molar-refractivity contribution in [3.8, 4) is 0 Å². The van der Waals surface area contributed by atoms with Gasteiger partial charge in [0.05, 0.1) is 4.90 Å². The maximum absolute atomic E-state index is 13.0. The normalized spacial score (nSPS) is 16.6. The number of carbonyl (C=O) groups excluding carboxylic acids is 1. The lowest BCUT2D eigenvalue weighted by Gasteiger charge is -2.29. The summed E-state index contributed by atoms with van der Waals surface area (Å²) in [7, 11) is -3.53. The number of benzene rings is 1. The van der Waals surface area contributed by atoms with E-state index in [0.29, 0.717) is 24.1 Å². The van der Waals surface area contributed by atoms with Crippen LogP contribution in [0.2, 0.25) is 0 Å². The predicted octanol–water partition coefficient (Wildman–Crippen LogP) is 4.26. The second-order valence-electron chi connectivity index (χ2n) is 8.03. The number of nitrogens with zero attached hydrogens (tertiary/aromatic N) is 2. The highest BCUT2D eigenvalue weighted by Crippen LogP contribution is 2.27. The molecule has 3 rings (SSSR count). The topological polar surface area (TPSA) is 70.8 Å². The van der Waals surface area contributed by atoms with Gasteiger partial charge in [-0.05, 0) is 64.8 Å². The Morgan fingerprint density at radius 1 is 1.00 bits per heavy atom. The summed E-state index contributed by atoms with van der Waals surface area (Å²) in [5, 5.41) is 0.631. The van der Waals surface area contributed by atoms with Crippen molar-refractivity contribution in [3.63, 3.8) is 0 Å². The van der Waals surface area contributed by atoms with Gasteiger partial charge in [0, 0.05) is 30.6 Å². The van der Waals surface area contributed by atoms with E-state index < -0.39 is 10.0 Å². The lowest BCUT2D eigenvalue weighted by atomic mass is 10.2. The van der Waals surface area contributed by atoms with Crippen LogP contribution in [0.25, 0.3) is 11.0 Å². The minimum Gasteiger partial charge on any atom is -0.451 e. The highest BCUT2D eigenvalue weighted by molar-refractivity contribution is 7.89. The minimum absolute atomic E-state index is 0.0414. The van der Waals surface area contributed by atoms with E-state index in [2.05, 4.69) is 0 Å². The smallest absolute Gasteiger partial charge is 0.290 e. The molecule has 2 aromatic rings. The molecular formula is C21H30N2O4S. The van der Waals surface area contributed by atoms with Crippen LogP contribution in [0.4, 0.5) is 0 Å². The van der Waals surface area contributed by atoms with E-state index in [9.17, 15) is 13.2 Å². The van der Waals surface area contributed by atoms with Crippen molar-refractivity contribution in [2.75, 3.05) is 13.1 Å². The van der Waals surface area contributed by atoms with Gasteiger partial charge in [0.1, 0.15) is 5.58 Å². The van der Waals surface area contributed by atoms with E-state index in [4.69, 9.17) is 4.42 Å². The van der Waals surface area contributed by atoms with E-state index in [-0.39, 0.29) is 28.6 Å². The molecule has 0 spiro atoms. The Morgan fingerprint density at radius 2 is 1.61 bits per heavy atom. The van der Waals surface area contributed by atoms with Crippen molar-refractivity contribution in [1.82, 2.24) is 9.21 Å². The predicted molar refractivity (Wildman–Crippen MR) is 110 cm³/mol. The van der Waals surface area contributed by atoms with Gasteiger partial charge >= 0.3 is 0 Å². The Hall–Kier alpha value is -1.86. The second kappa shape index (κ2) is 8.25. The van der Waals surface area contributed by atoms with Gasteiger partial charge in [-0.15, -0.1) is 0 Å². The monoisotopic (exact) mass is 406 g/mol. The fourth-order valence-electron chi connectivity index (χ4n) is 3.91. The van der Waals surface area contributed by atoms with E-state index >= 15 is 0 Å². The van der Waals surface area contributed by atoms with Gasteiger partial charge in [-0.2, -0.15) is 4.31 Å². The standard InChI is InChI=1S/C21H30N2O4S/c1-15(2)23(16(3)4)21(24)20-14-17-13-18(9-10-19(17)27-20)28(25,26)22-11-7-5-6-8-12-22/h9-10,13-16H,5-8,11-12H2,1-4H3. The molecule has 1 aromatic carbocycles. The molecule has 2 heterocycles. The first kappa shape index (κ1) is 20.9. The van der Waals surface area contributed by atoms with Gasteiger partial charge in [-0.3, -0.25) is 4.79 Å². The van der Waals surface area contributed by atoms with Crippen molar-refractivity contribution >= 4 is 26.9 Å². The zero-order valence-electron chi connectivity index (χ0n) is 17.1. The summed E-state index contributed by atoms with van der Waals surface area (Å²) >= 11 is 0. The SMILES string of the molecule is CC(C)N(C(=O)c1cc2cc(S(=O)(=O)N3CCCCCC3)ccc2o1)C(C)C. The molecule has 6 nitrogen and oxygen atoms in total. The lowest BCUT2D eigenvalue weighted by Crippen LogP contribution is -2.41. The summed E-state index contributed by atoms with van der Waals surface area (Å²) in [6.07, 6.45) is 3.93. The number of hydrogen-bond donors (Lipinski definition) is 0. The van der Waals surface area contributed by atoms with Gasteiger partial charge < -0.3 is 9.32 Å². The van der Waals surface area contributed by atoms with Crippen molar-refractivity contribution in [2.45, 2.75) is 70.4 Å². The van der Waals surface area contributed by atoms with Gasteiger partial charge in [0.15, 0.2) is 5.76 Å². The summed E-state index contributed by atoms with van der Waals surface area (Å²) < 4.78 is 33.4. The summed E-state index contributed by atoms with van der Waals surface area (Å²) in [6.45, 7) is 8.98. The number of fused-ring (bicyclic) bond motifs is 1. The van der Waals surface area contributed by atoms with E-state index in [0.717, 1.165) is 25.7 Å². The van der Waals surface area contributed by atoms with Gasteiger partial charge in [-0.25, -0.2) is 8.42 Å². The summed E-state index contributed by atoms with van der Waals surface area (Å²) in [4.78, 5) is 14.9. The van der Waals surface area contributed by atoms with Gasteiger partial charge in [0.2, 0.25) is 10.0 Å². The maximum atomic E-state index is 13.0. The molecule has 1 saturated heterocycles. The van der Waals surface area contributed by atoms with Crippen LogP contribution in [0.15, 0.2) is 33.6 Å². The number of sulfonamides is 1. The van der Waals surface area contributed by atoms with E-state index in [1.54, 1.807) is 33.5 Å². The molecule has 1 aliphatic heterocycles. The molecule has 0 atom stereocenters. The Balaban J connectivity index is 1.93. The van der Waals surface area contributed by atoms with Crippen LogP contribution in [-0.4, -0.2) is 48.7 Å². The number of furan rings is 1. The van der Waals surface area contributed by atoms with Crippen LogP contribution in [0, 0.1) is 0 Å². The zero-order chi connectivity index (χ0) is 20.5. The average molecular weight is 407 g/mol. The van der Waals surface area contributed by atoms with Crippen LogP contribution in [0.1, 0.15) is 63.9 Å². The third-order valence-electron chi connectivity index (χ3n) is 5.25. The molecule has 1 amide bonds. The molecule has 28 heavy (non-hydrogen) atoms. The number of amides is 1. The lowest BCUT2D eigenvalue weighted by molar-refractivity contribution is 0.0613. The highest BCUT2D eigenvalue weighted by Gasteiger charge is 2.27.